The van der Waals surface area contributed by atoms with Crippen molar-refractivity contribution in [2.75, 3.05) is 0 Å². The van der Waals surface area contributed by atoms with Crippen molar-refractivity contribution in [1.29, 1.82) is 0 Å². The van der Waals surface area contributed by atoms with Crippen LogP contribution >= 0.6 is 0 Å². The summed E-state index contributed by atoms with van der Waals surface area (Å²) in [6.07, 6.45) is 0. The van der Waals surface area contributed by atoms with E-state index in [1.165, 1.54) is 0 Å². The minimum absolute atomic E-state index is 0. The fraction of sp³-hybridized carbons (Fsp3) is 0. The van der Waals surface area contributed by atoms with Crippen molar-refractivity contribution >= 4 is 23.9 Å². The third-order valence-corrected chi connectivity index (χ3v) is 0. The molecule has 0 aliphatic heterocycles. The van der Waals surface area contributed by atoms with Crippen LogP contribution in [0.15, 0.2) is 0 Å². The van der Waals surface area contributed by atoms with Gasteiger partial charge in [-0.15, -0.1) is 0 Å². The Balaban J connectivity index is 0. The van der Waals surface area contributed by atoms with Crippen LogP contribution in [0, 0.1) is 0 Å². The molecule has 0 saturated heterocycles. The molecule has 0 aromatic heterocycles. The largest absolute Gasteiger partial charge is 4.00 e. The summed E-state index contributed by atoms with van der Waals surface area (Å²) in [7, 11) is 0. The third-order valence-electron chi connectivity index (χ3n) is 0. The Morgan fingerprint density at radius 1 is 1.00 bits per heavy atom. The molecule has 0 aliphatic rings. The third kappa shape index (κ3) is 10.3. The maximum atomic E-state index is 0. The van der Waals surface area contributed by atoms with Crippen molar-refractivity contribution in [1.82, 2.24) is 0 Å². The predicted octanol–water partition coefficient (Wildman–Crippen LogP) is -3.50. The van der Waals surface area contributed by atoms with Gasteiger partial charge in [0.2, 0.25) is 0 Å². The Morgan fingerprint density at radius 2 is 1.00 bits per heavy atom. The summed E-state index contributed by atoms with van der Waals surface area (Å²) < 4.78 is 0. The van der Waals surface area contributed by atoms with E-state index in [0.29, 0.717) is 0 Å². The summed E-state index contributed by atoms with van der Waals surface area (Å²) in [5.74, 6) is 0. The van der Waals surface area contributed by atoms with Crippen molar-refractivity contribution in [3.8, 4) is 0 Å². The van der Waals surface area contributed by atoms with Crippen LogP contribution in [0.25, 0.3) is 0 Å². The molecule has 0 radical (unpaired) electrons. The van der Waals surface area contributed by atoms with Crippen molar-refractivity contribution in [2.24, 2.45) is 0 Å². The Labute approximate surface area is 55.2 Å². The Kier molecular flexibility index (Phi) is 392. The standard InChI is InChI=1S/Li.2O.Sn.H/q+1;2*-2;+4;-1. The molecule has 0 aromatic carbocycles. The maximum Gasteiger partial charge on any atom is 4.00 e. The molecule has 0 aromatic rings. The first-order valence-electron chi connectivity index (χ1n) is 0. The van der Waals surface area contributed by atoms with Gasteiger partial charge < -0.3 is 12.4 Å². The zero-order valence-corrected chi connectivity index (χ0v) is 5.17. The van der Waals surface area contributed by atoms with Crippen LogP contribution in [0.2, 0.25) is 0 Å². The molecule has 0 unspecified atom stereocenters. The van der Waals surface area contributed by atoms with E-state index in [9.17, 15) is 0 Å². The van der Waals surface area contributed by atoms with Gasteiger partial charge in [0.15, 0.2) is 0 Å². The monoisotopic (exact) mass is 160 g/mol. The Bertz CT molecular complexity index is 9.61. The summed E-state index contributed by atoms with van der Waals surface area (Å²) in [6, 6.07) is 0. The van der Waals surface area contributed by atoms with Crippen LogP contribution < -0.4 is 18.9 Å². The van der Waals surface area contributed by atoms with Gasteiger partial charge in [0.05, 0.1) is 0 Å². The van der Waals surface area contributed by atoms with Gasteiger partial charge in [-0.1, -0.05) is 0 Å². The first-order chi connectivity index (χ1) is 0. The van der Waals surface area contributed by atoms with E-state index in [1.807, 2.05) is 0 Å². The van der Waals surface area contributed by atoms with Crippen LogP contribution in [-0.2, 0) is 11.0 Å². The van der Waals surface area contributed by atoms with Gasteiger partial charge in [0, 0.05) is 0 Å². The first kappa shape index (κ1) is 57.2. The van der Waals surface area contributed by atoms with Crippen LogP contribution in [0.4, 0.5) is 0 Å². The van der Waals surface area contributed by atoms with Gasteiger partial charge in [0.1, 0.15) is 0 Å². The molecule has 0 bridgehead atoms. The molecule has 0 aliphatic carbocycles. The van der Waals surface area contributed by atoms with Crippen molar-refractivity contribution in [2.45, 2.75) is 0 Å². The zero-order valence-electron chi connectivity index (χ0n) is 3.32. The maximum absolute atomic E-state index is 0. The molecule has 2 nitrogen and oxygen atoms in total. The van der Waals surface area contributed by atoms with Gasteiger partial charge in [-0.3, -0.25) is 0 Å². The minimum atomic E-state index is 0. The predicted molar refractivity (Wildman–Crippen MR) is 8.24 cm³/mol. The molecule has 0 rings (SSSR count). The molecular weight excluding hydrogens is 158 g/mol. The van der Waals surface area contributed by atoms with Gasteiger partial charge in [0.25, 0.3) is 0 Å². The summed E-state index contributed by atoms with van der Waals surface area (Å²) in [5.41, 5.74) is 0. The number of hydrogen-bond donors (Lipinski definition) is 0. The summed E-state index contributed by atoms with van der Waals surface area (Å²) in [4.78, 5) is 0. The van der Waals surface area contributed by atoms with Gasteiger partial charge in [-0.05, 0) is 0 Å². The molecule has 0 N–H and O–H groups in total. The SMILES string of the molecule is [H-].[Li+].[O-2].[O-2].[Sn+4]. The second kappa shape index (κ2) is 27.4. The van der Waals surface area contributed by atoms with Crippen LogP contribution in [-0.4, -0.2) is 23.9 Å². The topological polar surface area (TPSA) is 57.0 Å². The summed E-state index contributed by atoms with van der Waals surface area (Å²) in [6.45, 7) is 0. The summed E-state index contributed by atoms with van der Waals surface area (Å²) in [5, 5.41) is 0. The average Bonchev–Trinajstić information content (AvgIpc) is 0. The molecule has 0 heterocycles. The van der Waals surface area contributed by atoms with Crippen molar-refractivity contribution in [3.05, 3.63) is 0 Å². The number of rotatable bonds is 0. The Hall–Kier alpha value is 1.32. The summed E-state index contributed by atoms with van der Waals surface area (Å²) >= 11 is 0. The van der Waals surface area contributed by atoms with E-state index in [2.05, 4.69) is 0 Å². The van der Waals surface area contributed by atoms with Gasteiger partial charge in [-0.2, -0.15) is 0 Å². The van der Waals surface area contributed by atoms with Crippen LogP contribution in [0.3, 0.4) is 0 Å². The quantitative estimate of drug-likeness (QED) is 0.329. The van der Waals surface area contributed by atoms with E-state index in [4.69, 9.17) is 0 Å². The van der Waals surface area contributed by atoms with Crippen molar-refractivity contribution in [3.63, 3.8) is 0 Å². The van der Waals surface area contributed by atoms with E-state index >= 15 is 0 Å². The fourth-order valence-corrected chi connectivity index (χ4v) is 0. The number of hydrogen-bond acceptors (Lipinski definition) is 0. The molecule has 4 heavy (non-hydrogen) atoms. The molecule has 0 spiro atoms. The first-order valence-corrected chi connectivity index (χ1v) is 0. The fourth-order valence-electron chi connectivity index (χ4n) is 0. The Morgan fingerprint density at radius 3 is 1.00 bits per heavy atom. The van der Waals surface area contributed by atoms with Crippen LogP contribution in [0.5, 0.6) is 0 Å². The van der Waals surface area contributed by atoms with Crippen molar-refractivity contribution < 1.29 is 31.2 Å². The average molecular weight is 159 g/mol. The van der Waals surface area contributed by atoms with Gasteiger partial charge in [-0.25, -0.2) is 0 Å². The smallest absolute Gasteiger partial charge is 2.00 e. The molecule has 0 fully saturated rings. The molecule has 0 saturated carbocycles. The molecule has 0 atom stereocenters. The molecule has 18 valence electrons. The van der Waals surface area contributed by atoms with E-state index in [0.717, 1.165) is 0 Å². The van der Waals surface area contributed by atoms with E-state index in [1.54, 1.807) is 0 Å². The van der Waals surface area contributed by atoms with Crippen LogP contribution in [0.1, 0.15) is 1.43 Å². The zero-order chi connectivity index (χ0) is 0. The normalized spacial score (nSPS) is 0. The molecular formula is HLiO2Sn. The van der Waals surface area contributed by atoms with E-state index in [-0.39, 0.29) is 55.1 Å². The molecule has 0 amide bonds. The van der Waals surface area contributed by atoms with Gasteiger partial charge >= 0.3 is 42.8 Å². The molecule has 4 heteroatoms. The second-order valence-corrected chi connectivity index (χ2v) is 0. The minimum Gasteiger partial charge on any atom is -2.00 e. The second-order valence-electron chi connectivity index (χ2n) is 0. The van der Waals surface area contributed by atoms with E-state index < -0.39 is 0 Å².